The normalized spacial score (nSPS) is 16.2. The van der Waals surface area contributed by atoms with E-state index >= 15 is 0 Å². The Labute approximate surface area is 70.8 Å². The van der Waals surface area contributed by atoms with Crippen LogP contribution in [0.5, 0.6) is 0 Å². The fourth-order valence-electron chi connectivity index (χ4n) is 0.647. The predicted octanol–water partition coefficient (Wildman–Crippen LogP) is 0.787. The van der Waals surface area contributed by atoms with Crippen molar-refractivity contribution in [2.24, 2.45) is 5.10 Å². The quantitative estimate of drug-likeness (QED) is 0.622. The van der Waals surface area contributed by atoms with Crippen molar-refractivity contribution in [3.05, 3.63) is 11.2 Å². The van der Waals surface area contributed by atoms with Crippen LogP contribution >= 0.6 is 11.6 Å². The Morgan fingerprint density at radius 3 is 3.27 bits per heavy atom. The minimum absolute atomic E-state index is 0.591. The van der Waals surface area contributed by atoms with Crippen LogP contribution in [0.25, 0.3) is 0 Å². The largest absolute Gasteiger partial charge is 0.213 e. The standard InChI is InChI=1S/C6H11ClN4/c1-2-4-9-11-6(7)3-5-8-10-11/h3,5,9-10H,2,4H2,1H3. The first-order valence-electron chi connectivity index (χ1n) is 3.52. The van der Waals surface area contributed by atoms with Crippen LogP contribution in [0, 0.1) is 0 Å². The van der Waals surface area contributed by atoms with Gasteiger partial charge in [-0.25, -0.2) is 11.0 Å². The maximum Gasteiger partial charge on any atom is 0.144 e. The Kier molecular flexibility index (Phi) is 3.19. The Hall–Kier alpha value is -0.740. The van der Waals surface area contributed by atoms with Crippen LogP contribution in [0.1, 0.15) is 13.3 Å². The van der Waals surface area contributed by atoms with Gasteiger partial charge in [-0.3, -0.25) is 0 Å². The highest BCUT2D eigenvalue weighted by molar-refractivity contribution is 6.30. The van der Waals surface area contributed by atoms with Crippen LogP contribution in [-0.2, 0) is 0 Å². The van der Waals surface area contributed by atoms with Crippen LogP contribution in [0.15, 0.2) is 16.3 Å². The van der Waals surface area contributed by atoms with Crippen molar-refractivity contribution in [2.45, 2.75) is 13.3 Å². The Balaban J connectivity index is 2.35. The van der Waals surface area contributed by atoms with E-state index in [2.05, 4.69) is 23.0 Å². The van der Waals surface area contributed by atoms with E-state index in [0.29, 0.717) is 5.16 Å². The first-order valence-corrected chi connectivity index (χ1v) is 3.90. The SMILES string of the molecule is CCCNN1NN=CC=C1Cl. The van der Waals surface area contributed by atoms with E-state index in [9.17, 15) is 0 Å². The molecule has 1 rings (SSSR count). The lowest BCUT2D eigenvalue weighted by atomic mass is 10.5. The number of hydrazone groups is 1. The number of rotatable bonds is 3. The van der Waals surface area contributed by atoms with Crippen LogP contribution in [-0.4, -0.2) is 17.9 Å². The second-order valence-corrected chi connectivity index (χ2v) is 2.50. The van der Waals surface area contributed by atoms with Crippen molar-refractivity contribution in [3.63, 3.8) is 0 Å². The third-order valence-corrected chi connectivity index (χ3v) is 1.47. The highest BCUT2D eigenvalue weighted by Gasteiger charge is 2.05. The number of hydrazine groups is 2. The maximum absolute atomic E-state index is 5.79. The highest BCUT2D eigenvalue weighted by atomic mass is 35.5. The summed E-state index contributed by atoms with van der Waals surface area (Å²) in [6.45, 7) is 2.95. The zero-order valence-electron chi connectivity index (χ0n) is 6.34. The van der Waals surface area contributed by atoms with Gasteiger partial charge >= 0.3 is 0 Å². The van der Waals surface area contributed by atoms with E-state index in [1.165, 1.54) is 0 Å². The zero-order chi connectivity index (χ0) is 8.10. The summed E-state index contributed by atoms with van der Waals surface area (Å²) in [5.41, 5.74) is 5.72. The molecule has 0 fully saturated rings. The molecule has 0 radical (unpaired) electrons. The van der Waals surface area contributed by atoms with E-state index < -0.39 is 0 Å². The van der Waals surface area contributed by atoms with E-state index in [1.807, 2.05) is 0 Å². The van der Waals surface area contributed by atoms with Gasteiger partial charge in [-0.1, -0.05) is 18.5 Å². The molecule has 0 bridgehead atoms. The summed E-state index contributed by atoms with van der Waals surface area (Å²) < 4.78 is 0. The van der Waals surface area contributed by atoms with Gasteiger partial charge < -0.3 is 0 Å². The fraction of sp³-hybridized carbons (Fsp3) is 0.500. The zero-order valence-corrected chi connectivity index (χ0v) is 7.10. The Morgan fingerprint density at radius 2 is 2.64 bits per heavy atom. The predicted molar refractivity (Wildman–Crippen MR) is 45.7 cm³/mol. The average Bonchev–Trinajstić information content (AvgIpc) is 2.03. The second kappa shape index (κ2) is 4.20. The molecule has 0 aliphatic carbocycles. The van der Waals surface area contributed by atoms with Crippen molar-refractivity contribution in [3.8, 4) is 0 Å². The molecule has 0 spiro atoms. The lowest BCUT2D eigenvalue weighted by Crippen LogP contribution is -2.45. The molecule has 0 aromatic rings. The van der Waals surface area contributed by atoms with Gasteiger partial charge in [0.05, 0.1) is 6.21 Å². The van der Waals surface area contributed by atoms with E-state index in [-0.39, 0.29) is 0 Å². The van der Waals surface area contributed by atoms with Crippen LogP contribution in [0.4, 0.5) is 0 Å². The molecular weight excluding hydrogens is 164 g/mol. The van der Waals surface area contributed by atoms with Crippen LogP contribution in [0.3, 0.4) is 0 Å². The number of hydrogen-bond acceptors (Lipinski definition) is 4. The van der Waals surface area contributed by atoms with E-state index in [1.54, 1.807) is 17.4 Å². The lowest BCUT2D eigenvalue weighted by molar-refractivity contribution is 0.180. The molecule has 1 aliphatic rings. The molecule has 0 atom stereocenters. The molecule has 0 saturated heterocycles. The maximum atomic E-state index is 5.79. The second-order valence-electron chi connectivity index (χ2n) is 2.11. The van der Waals surface area contributed by atoms with Gasteiger partial charge in [0.15, 0.2) is 0 Å². The molecule has 11 heavy (non-hydrogen) atoms. The molecule has 62 valence electrons. The monoisotopic (exact) mass is 174 g/mol. The van der Waals surface area contributed by atoms with Gasteiger partial charge in [0.1, 0.15) is 5.16 Å². The van der Waals surface area contributed by atoms with Crippen LogP contribution < -0.4 is 11.0 Å². The highest BCUT2D eigenvalue weighted by Crippen LogP contribution is 2.04. The molecule has 0 aromatic carbocycles. The first-order chi connectivity index (χ1) is 5.34. The van der Waals surface area contributed by atoms with Crippen molar-refractivity contribution >= 4 is 17.8 Å². The van der Waals surface area contributed by atoms with E-state index in [4.69, 9.17) is 11.6 Å². The molecule has 5 heteroatoms. The summed E-state index contributed by atoms with van der Waals surface area (Å²) in [5, 5.41) is 5.96. The van der Waals surface area contributed by atoms with Gasteiger partial charge in [0.2, 0.25) is 0 Å². The summed E-state index contributed by atoms with van der Waals surface area (Å²) >= 11 is 5.79. The van der Waals surface area contributed by atoms with Crippen molar-refractivity contribution in [2.75, 3.05) is 6.54 Å². The number of nitrogens with one attached hydrogen (secondary N) is 2. The van der Waals surface area contributed by atoms with E-state index in [0.717, 1.165) is 13.0 Å². The number of allylic oxidation sites excluding steroid dienone is 1. The molecule has 1 aliphatic heterocycles. The van der Waals surface area contributed by atoms with Gasteiger partial charge in [0, 0.05) is 6.54 Å². The van der Waals surface area contributed by atoms with Gasteiger partial charge in [-0.05, 0) is 12.5 Å². The molecule has 0 aromatic heterocycles. The molecule has 2 N–H and O–H groups in total. The summed E-state index contributed by atoms with van der Waals surface area (Å²) in [7, 11) is 0. The van der Waals surface area contributed by atoms with Crippen molar-refractivity contribution in [1.82, 2.24) is 16.1 Å². The third-order valence-electron chi connectivity index (χ3n) is 1.18. The number of halogens is 1. The molecule has 0 unspecified atom stereocenters. The number of hydrogen-bond donors (Lipinski definition) is 2. The summed E-state index contributed by atoms with van der Waals surface area (Å²) in [4.78, 5) is 0. The first kappa shape index (κ1) is 8.36. The molecule has 0 saturated carbocycles. The summed E-state index contributed by atoms with van der Waals surface area (Å²) in [5.74, 6) is 0. The molecule has 1 heterocycles. The minimum atomic E-state index is 0.591. The smallest absolute Gasteiger partial charge is 0.144 e. The third kappa shape index (κ3) is 2.40. The fourth-order valence-corrected chi connectivity index (χ4v) is 0.801. The Morgan fingerprint density at radius 1 is 1.82 bits per heavy atom. The van der Waals surface area contributed by atoms with Gasteiger partial charge in [-0.2, -0.15) is 10.2 Å². The van der Waals surface area contributed by atoms with Crippen molar-refractivity contribution < 1.29 is 0 Å². The van der Waals surface area contributed by atoms with Crippen LogP contribution in [0.2, 0.25) is 0 Å². The van der Waals surface area contributed by atoms with Gasteiger partial charge in [0.25, 0.3) is 0 Å². The minimum Gasteiger partial charge on any atom is -0.213 e. The van der Waals surface area contributed by atoms with Crippen molar-refractivity contribution in [1.29, 1.82) is 0 Å². The molecule has 4 nitrogen and oxygen atoms in total. The molecule has 0 amide bonds. The Bertz CT molecular complexity index is 177. The number of nitrogens with zero attached hydrogens (tertiary/aromatic N) is 2. The lowest BCUT2D eigenvalue weighted by Gasteiger charge is -2.24. The molecular formula is C6H11ClN4. The summed E-state index contributed by atoms with van der Waals surface area (Å²) in [6, 6.07) is 0. The average molecular weight is 175 g/mol. The van der Waals surface area contributed by atoms with Gasteiger partial charge in [-0.15, -0.1) is 0 Å². The summed E-state index contributed by atoms with van der Waals surface area (Å²) in [6.07, 6.45) is 4.36. The topological polar surface area (TPSA) is 39.7 Å².